The quantitative estimate of drug-likeness (QED) is 0.530. The molecule has 64 valence electrons. The van der Waals surface area contributed by atoms with Crippen molar-refractivity contribution in [1.29, 1.82) is 0 Å². The number of aryl methyl sites for hydroxylation is 1. The van der Waals surface area contributed by atoms with Crippen molar-refractivity contribution in [2.75, 3.05) is 5.75 Å². The van der Waals surface area contributed by atoms with E-state index in [0.29, 0.717) is 5.75 Å². The third kappa shape index (κ3) is 2.34. The van der Waals surface area contributed by atoms with Gasteiger partial charge in [0.1, 0.15) is 12.1 Å². The van der Waals surface area contributed by atoms with E-state index in [2.05, 4.69) is 0 Å². The maximum atomic E-state index is 12.6. The predicted molar refractivity (Wildman–Crippen MR) is 47.9 cm³/mol. The number of rotatable bonds is 3. The largest absolute Gasteiger partial charge is 0.302 e. The zero-order valence-electron chi connectivity index (χ0n) is 6.71. The topological polar surface area (TPSA) is 17.1 Å². The molecule has 0 saturated carbocycles. The fraction of sp³-hybridized carbons (Fsp3) is 0.222. The third-order valence-corrected chi connectivity index (χ3v) is 2.52. The summed E-state index contributed by atoms with van der Waals surface area (Å²) in [5.41, 5.74) is 0.877. The molecule has 1 aromatic rings. The van der Waals surface area contributed by atoms with Crippen molar-refractivity contribution in [1.82, 2.24) is 0 Å². The average Bonchev–Trinajstić information content (AvgIpc) is 2.03. The number of thioether (sulfide) groups is 1. The van der Waals surface area contributed by atoms with E-state index in [1.807, 2.05) is 6.92 Å². The van der Waals surface area contributed by atoms with Crippen molar-refractivity contribution in [2.24, 2.45) is 0 Å². The van der Waals surface area contributed by atoms with Gasteiger partial charge in [-0.15, -0.1) is 11.8 Å². The van der Waals surface area contributed by atoms with Crippen molar-refractivity contribution in [3.63, 3.8) is 0 Å². The van der Waals surface area contributed by atoms with Crippen LogP contribution in [0.25, 0.3) is 0 Å². The Morgan fingerprint density at radius 1 is 1.58 bits per heavy atom. The predicted octanol–water partition coefficient (Wildman–Crippen LogP) is 2.43. The molecule has 1 nitrogen and oxygen atoms in total. The fourth-order valence-corrected chi connectivity index (χ4v) is 1.60. The van der Waals surface area contributed by atoms with Crippen molar-refractivity contribution in [3.05, 3.63) is 29.6 Å². The molecule has 0 aliphatic heterocycles. The molecule has 0 fully saturated rings. The van der Waals surface area contributed by atoms with Crippen LogP contribution in [0.15, 0.2) is 23.1 Å². The van der Waals surface area contributed by atoms with E-state index in [4.69, 9.17) is 0 Å². The van der Waals surface area contributed by atoms with Gasteiger partial charge in [0, 0.05) is 4.90 Å². The van der Waals surface area contributed by atoms with Crippen molar-refractivity contribution >= 4 is 18.0 Å². The summed E-state index contributed by atoms with van der Waals surface area (Å²) in [7, 11) is 0. The summed E-state index contributed by atoms with van der Waals surface area (Å²) in [5, 5.41) is 0. The standard InChI is InChI=1S/C9H9FOS/c1-7-6-8(10)2-3-9(7)12-5-4-11/h2-4,6H,5H2,1H3. The van der Waals surface area contributed by atoms with Crippen LogP contribution in [0.2, 0.25) is 0 Å². The van der Waals surface area contributed by atoms with Gasteiger partial charge in [-0.25, -0.2) is 4.39 Å². The summed E-state index contributed by atoms with van der Waals surface area (Å²) in [6, 6.07) is 4.56. The molecule has 0 aliphatic rings. The normalized spacial score (nSPS) is 9.83. The molecule has 0 aromatic heterocycles. The molecule has 0 N–H and O–H groups in total. The Morgan fingerprint density at radius 3 is 2.92 bits per heavy atom. The Labute approximate surface area is 75.0 Å². The summed E-state index contributed by atoms with van der Waals surface area (Å²) in [4.78, 5) is 11.0. The number of carbonyl (C=O) groups is 1. The Balaban J connectivity index is 2.78. The molecular formula is C9H9FOS. The summed E-state index contributed by atoms with van der Waals surface area (Å²) in [6.07, 6.45) is 0.841. The van der Waals surface area contributed by atoms with Crippen LogP contribution in [0, 0.1) is 12.7 Å². The van der Waals surface area contributed by atoms with Gasteiger partial charge in [-0.3, -0.25) is 0 Å². The van der Waals surface area contributed by atoms with E-state index in [9.17, 15) is 9.18 Å². The molecule has 0 amide bonds. The van der Waals surface area contributed by atoms with Crippen LogP contribution < -0.4 is 0 Å². The van der Waals surface area contributed by atoms with E-state index < -0.39 is 0 Å². The number of hydrogen-bond acceptors (Lipinski definition) is 2. The monoisotopic (exact) mass is 184 g/mol. The Hall–Kier alpha value is -0.830. The Kier molecular flexibility index (Phi) is 3.29. The highest BCUT2D eigenvalue weighted by atomic mass is 32.2. The van der Waals surface area contributed by atoms with Gasteiger partial charge in [-0.1, -0.05) is 0 Å². The molecule has 0 saturated heterocycles. The number of benzene rings is 1. The third-order valence-electron chi connectivity index (χ3n) is 1.44. The van der Waals surface area contributed by atoms with E-state index in [1.165, 1.54) is 23.9 Å². The second kappa shape index (κ2) is 4.26. The molecule has 12 heavy (non-hydrogen) atoms. The first kappa shape index (κ1) is 9.26. The molecule has 0 heterocycles. The Bertz CT molecular complexity index is 286. The molecule has 0 radical (unpaired) electrons. The molecule has 0 spiro atoms. The highest BCUT2D eigenvalue weighted by Gasteiger charge is 1.99. The number of aldehydes is 1. The second-order valence-electron chi connectivity index (χ2n) is 2.39. The van der Waals surface area contributed by atoms with Gasteiger partial charge in [0.2, 0.25) is 0 Å². The van der Waals surface area contributed by atoms with E-state index >= 15 is 0 Å². The van der Waals surface area contributed by atoms with Crippen LogP contribution in [0.5, 0.6) is 0 Å². The first-order chi connectivity index (χ1) is 5.74. The van der Waals surface area contributed by atoms with Crippen LogP contribution in [-0.2, 0) is 4.79 Å². The van der Waals surface area contributed by atoms with Gasteiger partial charge in [-0.05, 0) is 30.7 Å². The van der Waals surface area contributed by atoms with Crippen molar-refractivity contribution in [3.8, 4) is 0 Å². The van der Waals surface area contributed by atoms with Crippen LogP contribution in [0.3, 0.4) is 0 Å². The molecule has 1 aromatic carbocycles. The van der Waals surface area contributed by atoms with Gasteiger partial charge in [0.15, 0.2) is 0 Å². The lowest BCUT2D eigenvalue weighted by Crippen LogP contribution is -1.84. The van der Waals surface area contributed by atoms with Gasteiger partial charge < -0.3 is 4.79 Å². The van der Waals surface area contributed by atoms with Crippen molar-refractivity contribution < 1.29 is 9.18 Å². The zero-order valence-corrected chi connectivity index (χ0v) is 7.53. The van der Waals surface area contributed by atoms with Gasteiger partial charge >= 0.3 is 0 Å². The maximum Gasteiger partial charge on any atom is 0.130 e. The number of carbonyl (C=O) groups excluding carboxylic acids is 1. The lowest BCUT2D eigenvalue weighted by atomic mass is 10.2. The minimum atomic E-state index is -0.233. The van der Waals surface area contributed by atoms with Crippen LogP contribution in [0.1, 0.15) is 5.56 Å². The lowest BCUT2D eigenvalue weighted by molar-refractivity contribution is -0.105. The Morgan fingerprint density at radius 2 is 2.33 bits per heavy atom. The highest BCUT2D eigenvalue weighted by molar-refractivity contribution is 8.00. The van der Waals surface area contributed by atoms with Crippen molar-refractivity contribution in [2.45, 2.75) is 11.8 Å². The summed E-state index contributed by atoms with van der Waals surface area (Å²) >= 11 is 1.42. The smallest absolute Gasteiger partial charge is 0.130 e. The molecular weight excluding hydrogens is 175 g/mol. The molecule has 1 rings (SSSR count). The first-order valence-electron chi connectivity index (χ1n) is 3.56. The van der Waals surface area contributed by atoms with E-state index in [0.717, 1.165) is 16.7 Å². The minimum absolute atomic E-state index is 0.233. The SMILES string of the molecule is Cc1cc(F)ccc1SCC=O. The van der Waals surface area contributed by atoms with E-state index in [1.54, 1.807) is 6.07 Å². The molecule has 0 unspecified atom stereocenters. The summed E-state index contributed by atoms with van der Waals surface area (Å²) in [6.45, 7) is 1.83. The fourth-order valence-electron chi connectivity index (χ4n) is 0.899. The summed E-state index contributed by atoms with van der Waals surface area (Å²) in [5.74, 6) is 0.190. The average molecular weight is 184 g/mol. The number of hydrogen-bond donors (Lipinski definition) is 0. The van der Waals surface area contributed by atoms with E-state index in [-0.39, 0.29) is 5.82 Å². The van der Waals surface area contributed by atoms with Crippen LogP contribution in [-0.4, -0.2) is 12.0 Å². The molecule has 0 aliphatic carbocycles. The van der Waals surface area contributed by atoms with Crippen LogP contribution >= 0.6 is 11.8 Å². The second-order valence-corrected chi connectivity index (χ2v) is 3.45. The van der Waals surface area contributed by atoms with Gasteiger partial charge in [-0.2, -0.15) is 0 Å². The molecule has 3 heteroatoms. The minimum Gasteiger partial charge on any atom is -0.302 e. The summed E-state index contributed by atoms with van der Waals surface area (Å²) < 4.78 is 12.6. The molecule has 0 bridgehead atoms. The van der Waals surface area contributed by atoms with Crippen LogP contribution in [0.4, 0.5) is 4.39 Å². The zero-order chi connectivity index (χ0) is 8.97. The first-order valence-corrected chi connectivity index (χ1v) is 4.55. The highest BCUT2D eigenvalue weighted by Crippen LogP contribution is 2.21. The molecule has 0 atom stereocenters. The van der Waals surface area contributed by atoms with Gasteiger partial charge in [0.05, 0.1) is 5.75 Å². The lowest BCUT2D eigenvalue weighted by Gasteiger charge is -2.01. The number of halogens is 1. The van der Waals surface area contributed by atoms with Gasteiger partial charge in [0.25, 0.3) is 0 Å². The maximum absolute atomic E-state index is 12.6.